The van der Waals surface area contributed by atoms with Gasteiger partial charge in [0.15, 0.2) is 0 Å². The van der Waals surface area contributed by atoms with Crippen molar-refractivity contribution in [1.82, 2.24) is 4.98 Å². The van der Waals surface area contributed by atoms with Crippen LogP contribution in [-0.4, -0.2) is 18.0 Å². The van der Waals surface area contributed by atoms with Gasteiger partial charge >= 0.3 is 0 Å². The highest BCUT2D eigenvalue weighted by Crippen LogP contribution is 2.28. The molecule has 1 amide bonds. The SMILES string of the molecule is COc1ccc(Cl)cc1NC(=O)c1cc(Nc2ccc(C)cc2)ccn1. The van der Waals surface area contributed by atoms with Crippen LogP contribution in [0.5, 0.6) is 5.75 Å². The van der Waals surface area contributed by atoms with Crippen molar-refractivity contribution < 1.29 is 9.53 Å². The molecular formula is C20H18ClN3O2. The lowest BCUT2D eigenvalue weighted by atomic mass is 10.2. The highest BCUT2D eigenvalue weighted by Gasteiger charge is 2.12. The van der Waals surface area contributed by atoms with Crippen LogP contribution in [0.15, 0.2) is 60.8 Å². The summed E-state index contributed by atoms with van der Waals surface area (Å²) in [5.74, 6) is 0.176. The lowest BCUT2D eigenvalue weighted by molar-refractivity contribution is 0.102. The Morgan fingerprint density at radius 1 is 1.04 bits per heavy atom. The summed E-state index contributed by atoms with van der Waals surface area (Å²) in [6.45, 7) is 2.03. The van der Waals surface area contributed by atoms with E-state index in [1.807, 2.05) is 31.2 Å². The number of carbonyl (C=O) groups is 1. The zero-order valence-electron chi connectivity index (χ0n) is 14.4. The third-order valence-corrected chi connectivity index (χ3v) is 3.98. The van der Waals surface area contributed by atoms with Crippen LogP contribution >= 0.6 is 11.6 Å². The first-order chi connectivity index (χ1) is 12.5. The number of benzene rings is 2. The maximum absolute atomic E-state index is 12.5. The van der Waals surface area contributed by atoms with Gasteiger partial charge in [-0.3, -0.25) is 9.78 Å². The van der Waals surface area contributed by atoms with Crippen LogP contribution < -0.4 is 15.4 Å². The summed E-state index contributed by atoms with van der Waals surface area (Å²) in [6.07, 6.45) is 1.58. The highest BCUT2D eigenvalue weighted by atomic mass is 35.5. The molecule has 0 atom stereocenters. The fourth-order valence-corrected chi connectivity index (χ4v) is 2.57. The Morgan fingerprint density at radius 2 is 1.81 bits per heavy atom. The Bertz CT molecular complexity index is 927. The maximum Gasteiger partial charge on any atom is 0.274 e. The highest BCUT2D eigenvalue weighted by molar-refractivity contribution is 6.31. The number of pyridine rings is 1. The van der Waals surface area contributed by atoms with Gasteiger partial charge < -0.3 is 15.4 Å². The van der Waals surface area contributed by atoms with Gasteiger partial charge in [0.05, 0.1) is 12.8 Å². The van der Waals surface area contributed by atoms with Crippen molar-refractivity contribution in [2.24, 2.45) is 0 Å². The lowest BCUT2D eigenvalue weighted by Gasteiger charge is -2.11. The van der Waals surface area contributed by atoms with Gasteiger partial charge in [-0.1, -0.05) is 29.3 Å². The molecule has 0 spiro atoms. The second-order valence-corrected chi connectivity index (χ2v) is 6.16. The normalized spacial score (nSPS) is 10.3. The number of rotatable bonds is 5. The predicted octanol–water partition coefficient (Wildman–Crippen LogP) is 5.05. The summed E-state index contributed by atoms with van der Waals surface area (Å²) in [5, 5.41) is 6.54. The summed E-state index contributed by atoms with van der Waals surface area (Å²) >= 11 is 6.00. The Balaban J connectivity index is 1.78. The van der Waals surface area contributed by atoms with Gasteiger partial charge in [-0.05, 0) is 49.4 Å². The molecule has 1 heterocycles. The van der Waals surface area contributed by atoms with Crippen LogP contribution in [0.2, 0.25) is 5.02 Å². The maximum atomic E-state index is 12.5. The Kier molecular flexibility index (Phi) is 5.39. The van der Waals surface area contributed by atoms with Crippen LogP contribution in [0.1, 0.15) is 16.1 Å². The van der Waals surface area contributed by atoms with Gasteiger partial charge in [-0.25, -0.2) is 0 Å². The standard InChI is InChI=1S/C20H18ClN3O2/c1-13-3-6-15(7-4-13)23-16-9-10-22-18(12-16)20(25)24-17-11-14(21)5-8-19(17)26-2/h3-12H,1-2H3,(H,22,23)(H,24,25). The van der Waals surface area contributed by atoms with Gasteiger partial charge in [0.25, 0.3) is 5.91 Å². The quantitative estimate of drug-likeness (QED) is 0.662. The summed E-state index contributed by atoms with van der Waals surface area (Å²) in [6, 6.07) is 16.5. The molecule has 0 saturated heterocycles. The molecule has 5 nitrogen and oxygen atoms in total. The molecule has 0 fully saturated rings. The van der Waals surface area contributed by atoms with Crippen molar-refractivity contribution in [3.8, 4) is 5.75 Å². The first kappa shape index (κ1) is 17.8. The predicted molar refractivity (Wildman–Crippen MR) is 105 cm³/mol. The number of nitrogens with zero attached hydrogens (tertiary/aromatic N) is 1. The number of hydrogen-bond acceptors (Lipinski definition) is 4. The molecule has 2 N–H and O–H groups in total. The average Bonchev–Trinajstić information content (AvgIpc) is 2.64. The molecule has 3 aromatic rings. The molecule has 26 heavy (non-hydrogen) atoms. The minimum atomic E-state index is -0.349. The number of hydrogen-bond donors (Lipinski definition) is 2. The monoisotopic (exact) mass is 367 g/mol. The number of aryl methyl sites for hydroxylation is 1. The van der Waals surface area contributed by atoms with Crippen molar-refractivity contribution >= 4 is 34.6 Å². The fourth-order valence-electron chi connectivity index (χ4n) is 2.40. The zero-order chi connectivity index (χ0) is 18.5. The van der Waals surface area contributed by atoms with E-state index in [1.165, 1.54) is 12.7 Å². The zero-order valence-corrected chi connectivity index (χ0v) is 15.2. The minimum absolute atomic E-state index is 0.282. The third-order valence-electron chi connectivity index (χ3n) is 3.74. The van der Waals surface area contributed by atoms with E-state index >= 15 is 0 Å². The summed E-state index contributed by atoms with van der Waals surface area (Å²) in [7, 11) is 1.53. The number of methoxy groups -OCH3 is 1. The molecule has 132 valence electrons. The van der Waals surface area contributed by atoms with Gasteiger partial charge in [0, 0.05) is 22.6 Å². The Hall–Kier alpha value is -3.05. The van der Waals surface area contributed by atoms with E-state index in [0.29, 0.717) is 16.5 Å². The lowest BCUT2D eigenvalue weighted by Crippen LogP contribution is -2.14. The van der Waals surface area contributed by atoms with Gasteiger partial charge in [0.2, 0.25) is 0 Å². The molecule has 0 radical (unpaired) electrons. The van der Waals surface area contributed by atoms with Crippen LogP contribution in [0.4, 0.5) is 17.1 Å². The van der Waals surface area contributed by atoms with Crippen molar-refractivity contribution in [3.05, 3.63) is 77.1 Å². The minimum Gasteiger partial charge on any atom is -0.495 e. The molecule has 0 bridgehead atoms. The van der Waals surface area contributed by atoms with Crippen LogP contribution in [-0.2, 0) is 0 Å². The van der Waals surface area contributed by atoms with E-state index in [1.54, 1.807) is 36.5 Å². The topological polar surface area (TPSA) is 63.2 Å². The molecule has 3 rings (SSSR count). The van der Waals surface area contributed by atoms with Crippen molar-refractivity contribution in [3.63, 3.8) is 0 Å². The summed E-state index contributed by atoms with van der Waals surface area (Å²) < 4.78 is 5.24. The molecule has 0 saturated carbocycles. The molecule has 6 heteroatoms. The summed E-state index contributed by atoms with van der Waals surface area (Å²) in [4.78, 5) is 16.7. The second-order valence-electron chi connectivity index (χ2n) is 5.72. The molecule has 0 aliphatic rings. The van der Waals surface area contributed by atoms with E-state index < -0.39 is 0 Å². The van der Waals surface area contributed by atoms with Crippen molar-refractivity contribution in [2.75, 3.05) is 17.7 Å². The van der Waals surface area contributed by atoms with E-state index in [4.69, 9.17) is 16.3 Å². The molecule has 1 aromatic heterocycles. The molecule has 0 aliphatic carbocycles. The number of amides is 1. The molecular weight excluding hydrogens is 350 g/mol. The van der Waals surface area contributed by atoms with Gasteiger partial charge in [-0.15, -0.1) is 0 Å². The average molecular weight is 368 g/mol. The molecule has 0 unspecified atom stereocenters. The van der Waals surface area contributed by atoms with Gasteiger partial charge in [-0.2, -0.15) is 0 Å². The summed E-state index contributed by atoms with van der Waals surface area (Å²) in [5.41, 5.74) is 3.66. The van der Waals surface area contributed by atoms with E-state index in [9.17, 15) is 4.79 Å². The number of carbonyl (C=O) groups excluding carboxylic acids is 1. The fraction of sp³-hybridized carbons (Fsp3) is 0.100. The third kappa shape index (κ3) is 4.32. The number of aromatic nitrogens is 1. The number of nitrogens with one attached hydrogen (secondary N) is 2. The second kappa shape index (κ2) is 7.89. The number of halogens is 1. The van der Waals surface area contributed by atoms with Gasteiger partial charge in [0.1, 0.15) is 11.4 Å². The van der Waals surface area contributed by atoms with E-state index in [-0.39, 0.29) is 11.6 Å². The Morgan fingerprint density at radius 3 is 2.54 bits per heavy atom. The van der Waals surface area contributed by atoms with Crippen LogP contribution in [0.25, 0.3) is 0 Å². The van der Waals surface area contributed by atoms with E-state index in [2.05, 4.69) is 15.6 Å². The van der Waals surface area contributed by atoms with Crippen molar-refractivity contribution in [2.45, 2.75) is 6.92 Å². The first-order valence-corrected chi connectivity index (χ1v) is 8.37. The molecule has 2 aromatic carbocycles. The van der Waals surface area contributed by atoms with Crippen LogP contribution in [0.3, 0.4) is 0 Å². The smallest absolute Gasteiger partial charge is 0.274 e. The van der Waals surface area contributed by atoms with Crippen molar-refractivity contribution in [1.29, 1.82) is 0 Å². The largest absolute Gasteiger partial charge is 0.495 e. The number of ether oxygens (including phenoxy) is 1. The Labute approximate surface area is 157 Å². The molecule has 0 aliphatic heterocycles. The van der Waals surface area contributed by atoms with E-state index in [0.717, 1.165) is 11.4 Å². The van der Waals surface area contributed by atoms with Crippen LogP contribution in [0, 0.1) is 6.92 Å². The number of anilines is 3. The first-order valence-electron chi connectivity index (χ1n) is 8.00.